The van der Waals surface area contributed by atoms with E-state index in [2.05, 4.69) is 10.3 Å². The lowest BCUT2D eigenvalue weighted by Crippen LogP contribution is -2.25. The Morgan fingerprint density at radius 1 is 1.39 bits per heavy atom. The average molecular weight is 353 g/mol. The lowest BCUT2D eigenvalue weighted by Gasteiger charge is -2.07. The number of benzene rings is 1. The number of rotatable bonds is 7. The van der Waals surface area contributed by atoms with Gasteiger partial charge >= 0.3 is 0 Å². The van der Waals surface area contributed by atoms with Crippen LogP contribution in [0.15, 0.2) is 24.3 Å². The largest absolute Gasteiger partial charge is 0.379 e. The smallest absolute Gasteiger partial charge is 0.263 e. The molecule has 1 aromatic carbocycles. The maximum Gasteiger partial charge on any atom is 0.263 e. The second-order valence-electron chi connectivity index (χ2n) is 5.44. The third-order valence-corrected chi connectivity index (χ3v) is 4.68. The number of thiazole rings is 1. The Kier molecular flexibility index (Phi) is 6.57. The topological polar surface area (TPSA) is 51.2 Å². The molecule has 0 saturated heterocycles. The second kappa shape index (κ2) is 8.43. The summed E-state index contributed by atoms with van der Waals surface area (Å²) < 4.78 is 5.45. The lowest BCUT2D eigenvalue weighted by atomic mass is 10.2. The molecule has 0 radical (unpaired) electrons. The van der Waals surface area contributed by atoms with E-state index in [1.54, 1.807) is 0 Å². The highest BCUT2D eigenvalue weighted by Gasteiger charge is 2.17. The molecule has 0 aliphatic carbocycles. The lowest BCUT2D eigenvalue weighted by molar-refractivity contribution is 0.0757. The van der Waals surface area contributed by atoms with Crippen LogP contribution in [0.25, 0.3) is 10.6 Å². The molecule has 0 saturated carbocycles. The van der Waals surface area contributed by atoms with Gasteiger partial charge < -0.3 is 10.1 Å². The number of nitrogens with one attached hydrogen (secondary N) is 1. The molecule has 0 unspecified atom stereocenters. The van der Waals surface area contributed by atoms with E-state index in [4.69, 9.17) is 16.3 Å². The number of nitrogens with zero attached hydrogens (tertiary/aromatic N) is 1. The number of hydrogen-bond donors (Lipinski definition) is 1. The number of aromatic nitrogens is 1. The quantitative estimate of drug-likeness (QED) is 0.755. The summed E-state index contributed by atoms with van der Waals surface area (Å²) in [6.45, 7) is 7.06. The predicted molar refractivity (Wildman–Crippen MR) is 95.3 cm³/mol. The van der Waals surface area contributed by atoms with Gasteiger partial charge in [0.05, 0.1) is 16.8 Å². The second-order valence-corrected chi connectivity index (χ2v) is 6.85. The van der Waals surface area contributed by atoms with Crippen LogP contribution in [0, 0.1) is 6.92 Å². The van der Waals surface area contributed by atoms with Gasteiger partial charge in [0.15, 0.2) is 0 Å². The summed E-state index contributed by atoms with van der Waals surface area (Å²) in [5.41, 5.74) is 1.58. The molecule has 1 amide bonds. The monoisotopic (exact) mass is 352 g/mol. The minimum Gasteiger partial charge on any atom is -0.379 e. The Labute approximate surface area is 145 Å². The van der Waals surface area contributed by atoms with Crippen LogP contribution in [-0.2, 0) is 4.74 Å². The van der Waals surface area contributed by atoms with Crippen molar-refractivity contribution in [3.8, 4) is 10.6 Å². The minimum atomic E-state index is -0.0946. The molecule has 124 valence electrons. The van der Waals surface area contributed by atoms with Gasteiger partial charge in [-0.3, -0.25) is 4.79 Å². The molecule has 4 nitrogen and oxygen atoms in total. The summed E-state index contributed by atoms with van der Waals surface area (Å²) >= 11 is 7.56. The summed E-state index contributed by atoms with van der Waals surface area (Å²) in [5.74, 6) is -0.0946. The third kappa shape index (κ3) is 5.03. The minimum absolute atomic E-state index is 0.0946. The Hall–Kier alpha value is -1.43. The normalized spacial score (nSPS) is 11.0. The third-order valence-electron chi connectivity index (χ3n) is 3.16. The molecule has 1 aromatic heterocycles. The van der Waals surface area contributed by atoms with Crippen LogP contribution < -0.4 is 5.32 Å². The van der Waals surface area contributed by atoms with Crippen molar-refractivity contribution < 1.29 is 9.53 Å². The van der Waals surface area contributed by atoms with Crippen molar-refractivity contribution in [3.63, 3.8) is 0 Å². The highest BCUT2D eigenvalue weighted by molar-refractivity contribution is 7.17. The molecule has 0 fully saturated rings. The number of amides is 1. The molecule has 2 rings (SSSR count). The first kappa shape index (κ1) is 17.9. The van der Waals surface area contributed by atoms with Gasteiger partial charge in [-0.25, -0.2) is 4.98 Å². The Morgan fingerprint density at radius 3 is 2.83 bits per heavy atom. The molecular formula is C17H21ClN2O2S. The number of carbonyl (C=O) groups is 1. The van der Waals surface area contributed by atoms with Crippen molar-refractivity contribution in [2.45, 2.75) is 33.3 Å². The molecule has 0 aliphatic rings. The van der Waals surface area contributed by atoms with Gasteiger partial charge in [0.1, 0.15) is 9.88 Å². The van der Waals surface area contributed by atoms with E-state index >= 15 is 0 Å². The van der Waals surface area contributed by atoms with Gasteiger partial charge in [-0.05, 0) is 33.3 Å². The van der Waals surface area contributed by atoms with Crippen molar-refractivity contribution in [2.75, 3.05) is 13.2 Å². The van der Waals surface area contributed by atoms with E-state index in [1.165, 1.54) is 11.3 Å². The van der Waals surface area contributed by atoms with Gasteiger partial charge in [0, 0.05) is 18.7 Å². The van der Waals surface area contributed by atoms with E-state index in [-0.39, 0.29) is 12.0 Å². The molecule has 0 atom stereocenters. The number of ether oxygens (including phenoxy) is 1. The highest BCUT2D eigenvalue weighted by Crippen LogP contribution is 2.32. The molecule has 2 aromatic rings. The van der Waals surface area contributed by atoms with Crippen LogP contribution in [0.2, 0.25) is 5.02 Å². The Morgan fingerprint density at radius 2 is 2.13 bits per heavy atom. The first-order chi connectivity index (χ1) is 11.0. The van der Waals surface area contributed by atoms with Crippen LogP contribution in [0.4, 0.5) is 0 Å². The van der Waals surface area contributed by atoms with Gasteiger partial charge in [-0.2, -0.15) is 0 Å². The number of hydrogen-bond acceptors (Lipinski definition) is 4. The van der Waals surface area contributed by atoms with Crippen molar-refractivity contribution in [1.29, 1.82) is 0 Å². The van der Waals surface area contributed by atoms with Gasteiger partial charge in [0.25, 0.3) is 5.91 Å². The molecule has 0 spiro atoms. The molecular weight excluding hydrogens is 332 g/mol. The highest BCUT2D eigenvalue weighted by atomic mass is 35.5. The summed E-state index contributed by atoms with van der Waals surface area (Å²) in [5, 5.41) is 4.31. The Balaban J connectivity index is 1.98. The number of aryl methyl sites for hydroxylation is 1. The van der Waals surface area contributed by atoms with Gasteiger partial charge in [-0.15, -0.1) is 11.3 Å². The zero-order chi connectivity index (χ0) is 16.8. The molecule has 6 heteroatoms. The molecule has 1 heterocycles. The maximum absolute atomic E-state index is 12.3. The van der Waals surface area contributed by atoms with Crippen LogP contribution in [0.5, 0.6) is 0 Å². The van der Waals surface area contributed by atoms with Crippen LogP contribution in [-0.4, -0.2) is 30.1 Å². The average Bonchev–Trinajstić information content (AvgIpc) is 2.88. The fourth-order valence-corrected chi connectivity index (χ4v) is 3.33. The first-order valence-electron chi connectivity index (χ1n) is 7.61. The predicted octanol–water partition coefficient (Wildman–Crippen LogP) is 4.32. The SMILES string of the molecule is Cc1nc(-c2ccccc2Cl)sc1C(=O)NCCCOC(C)C. The van der Waals surface area contributed by atoms with Crippen LogP contribution in [0.3, 0.4) is 0 Å². The summed E-state index contributed by atoms with van der Waals surface area (Å²) in [6, 6.07) is 7.51. The van der Waals surface area contributed by atoms with E-state index in [0.29, 0.717) is 23.1 Å². The summed E-state index contributed by atoms with van der Waals surface area (Å²) in [4.78, 5) is 17.4. The molecule has 0 bridgehead atoms. The number of halogens is 1. The summed E-state index contributed by atoms with van der Waals surface area (Å²) in [7, 11) is 0. The van der Waals surface area contributed by atoms with E-state index < -0.39 is 0 Å². The van der Waals surface area contributed by atoms with Crippen molar-refractivity contribution >= 4 is 28.8 Å². The fraction of sp³-hybridized carbons (Fsp3) is 0.412. The van der Waals surface area contributed by atoms with E-state index in [1.807, 2.05) is 45.0 Å². The van der Waals surface area contributed by atoms with E-state index in [0.717, 1.165) is 22.7 Å². The maximum atomic E-state index is 12.3. The van der Waals surface area contributed by atoms with E-state index in [9.17, 15) is 4.79 Å². The van der Waals surface area contributed by atoms with Gasteiger partial charge in [0.2, 0.25) is 0 Å². The zero-order valence-corrected chi connectivity index (χ0v) is 15.1. The van der Waals surface area contributed by atoms with Crippen molar-refractivity contribution in [2.24, 2.45) is 0 Å². The molecule has 23 heavy (non-hydrogen) atoms. The standard InChI is InChI=1S/C17H21ClN2O2S/c1-11(2)22-10-6-9-19-16(21)15-12(3)20-17(23-15)13-7-4-5-8-14(13)18/h4-5,7-8,11H,6,9-10H2,1-3H3,(H,19,21). The zero-order valence-electron chi connectivity index (χ0n) is 13.6. The fourth-order valence-electron chi connectivity index (χ4n) is 2.03. The molecule has 1 N–H and O–H groups in total. The first-order valence-corrected chi connectivity index (χ1v) is 8.80. The number of carbonyl (C=O) groups excluding carboxylic acids is 1. The van der Waals surface area contributed by atoms with Gasteiger partial charge in [-0.1, -0.05) is 29.8 Å². The van der Waals surface area contributed by atoms with Crippen LogP contribution >= 0.6 is 22.9 Å². The Bertz CT molecular complexity index is 670. The molecule has 0 aliphatic heterocycles. The van der Waals surface area contributed by atoms with Crippen LogP contribution in [0.1, 0.15) is 35.6 Å². The van der Waals surface area contributed by atoms with Crippen molar-refractivity contribution in [3.05, 3.63) is 39.9 Å². The van der Waals surface area contributed by atoms with Crippen molar-refractivity contribution in [1.82, 2.24) is 10.3 Å². The summed E-state index contributed by atoms with van der Waals surface area (Å²) in [6.07, 6.45) is 1.01.